The molecule has 1 aliphatic carbocycles. The Balaban J connectivity index is 1.14. The Labute approximate surface area is 206 Å². The first kappa shape index (κ1) is 21.7. The molecule has 0 amide bonds. The summed E-state index contributed by atoms with van der Waals surface area (Å²) in [4.78, 5) is 14.0. The molecule has 1 saturated heterocycles. The van der Waals surface area contributed by atoms with Gasteiger partial charge in [-0.3, -0.25) is 0 Å². The number of nitrogens with zero attached hydrogens (tertiary/aromatic N) is 6. The quantitative estimate of drug-likeness (QED) is 0.420. The third-order valence-electron chi connectivity index (χ3n) is 7.12. The summed E-state index contributed by atoms with van der Waals surface area (Å²) in [6.07, 6.45) is 4.97. The zero-order chi connectivity index (χ0) is 23.6. The van der Waals surface area contributed by atoms with E-state index in [9.17, 15) is 0 Å². The molecule has 4 aromatic rings. The molecular weight excluding hydrogens is 432 g/mol. The Morgan fingerprint density at radius 1 is 0.600 bits per heavy atom. The highest BCUT2D eigenvalue weighted by atomic mass is 15.3. The van der Waals surface area contributed by atoms with Gasteiger partial charge in [-0.15, -0.1) is 10.2 Å². The first-order valence-electron chi connectivity index (χ1n) is 12.6. The Kier molecular flexibility index (Phi) is 5.86. The number of hydrogen-bond donors (Lipinski definition) is 0. The van der Waals surface area contributed by atoms with Crippen molar-refractivity contribution in [3.8, 4) is 22.5 Å². The normalized spacial score (nSPS) is 15.7. The zero-order valence-electron chi connectivity index (χ0n) is 20.2. The fourth-order valence-corrected chi connectivity index (χ4v) is 5.18. The first-order valence-corrected chi connectivity index (χ1v) is 12.6. The Morgan fingerprint density at radius 3 is 2.09 bits per heavy atom. The molecule has 6 rings (SSSR count). The van der Waals surface area contributed by atoms with Crippen molar-refractivity contribution in [2.24, 2.45) is 0 Å². The van der Waals surface area contributed by atoms with Gasteiger partial charge in [0.1, 0.15) is 11.6 Å². The van der Waals surface area contributed by atoms with Crippen LogP contribution in [0.1, 0.15) is 29.8 Å². The van der Waals surface area contributed by atoms with E-state index in [1.807, 2.05) is 25.1 Å². The van der Waals surface area contributed by atoms with Gasteiger partial charge in [-0.1, -0.05) is 42.5 Å². The van der Waals surface area contributed by atoms with Crippen LogP contribution in [0.4, 0.5) is 11.6 Å². The SMILES string of the molecule is Cc1nc(-c2ccccc2)cc(N2CCN(c3ccc(-c4ccc5c(c4)CCCC5)nn3)CC2)n1. The number of rotatable bonds is 4. The van der Waals surface area contributed by atoms with E-state index in [0.717, 1.165) is 60.6 Å². The van der Waals surface area contributed by atoms with Crippen molar-refractivity contribution in [1.82, 2.24) is 20.2 Å². The van der Waals surface area contributed by atoms with Crippen molar-refractivity contribution in [3.63, 3.8) is 0 Å². The molecule has 176 valence electrons. The van der Waals surface area contributed by atoms with Crippen LogP contribution in [0.15, 0.2) is 66.7 Å². The van der Waals surface area contributed by atoms with E-state index < -0.39 is 0 Å². The zero-order valence-corrected chi connectivity index (χ0v) is 20.2. The number of piperazine rings is 1. The summed E-state index contributed by atoms with van der Waals surface area (Å²) in [5.74, 6) is 2.73. The van der Waals surface area contributed by atoms with Crippen molar-refractivity contribution >= 4 is 11.6 Å². The Bertz CT molecular complexity index is 1310. The molecule has 0 saturated carbocycles. The maximum Gasteiger partial charge on any atom is 0.151 e. The van der Waals surface area contributed by atoms with Crippen LogP contribution < -0.4 is 9.80 Å². The van der Waals surface area contributed by atoms with Crippen molar-refractivity contribution in [2.75, 3.05) is 36.0 Å². The van der Waals surface area contributed by atoms with E-state index >= 15 is 0 Å². The highest BCUT2D eigenvalue weighted by Gasteiger charge is 2.21. The molecule has 1 fully saturated rings. The maximum atomic E-state index is 4.72. The highest BCUT2D eigenvalue weighted by molar-refractivity contribution is 5.64. The molecule has 2 aromatic heterocycles. The van der Waals surface area contributed by atoms with Gasteiger partial charge in [0.15, 0.2) is 5.82 Å². The Morgan fingerprint density at radius 2 is 1.34 bits per heavy atom. The van der Waals surface area contributed by atoms with E-state index in [4.69, 9.17) is 4.98 Å². The monoisotopic (exact) mass is 462 g/mol. The van der Waals surface area contributed by atoms with Gasteiger partial charge >= 0.3 is 0 Å². The van der Waals surface area contributed by atoms with Crippen LogP contribution in [0.2, 0.25) is 0 Å². The molecule has 3 heterocycles. The summed E-state index contributed by atoms with van der Waals surface area (Å²) in [6, 6.07) is 23.4. The van der Waals surface area contributed by atoms with Crippen LogP contribution in [-0.2, 0) is 12.8 Å². The number of anilines is 2. The van der Waals surface area contributed by atoms with E-state index in [1.165, 1.54) is 42.4 Å². The number of fused-ring (bicyclic) bond motifs is 1. The second-order valence-corrected chi connectivity index (χ2v) is 9.47. The summed E-state index contributed by atoms with van der Waals surface area (Å²) < 4.78 is 0. The largest absolute Gasteiger partial charge is 0.353 e. The number of hydrogen-bond acceptors (Lipinski definition) is 6. The van der Waals surface area contributed by atoms with Crippen molar-refractivity contribution in [1.29, 1.82) is 0 Å². The standard InChI is InChI=1S/C29H30N6/c1-21-30-27(23-8-3-2-4-9-23)20-29(31-21)35-17-15-34(16-18-35)28-14-13-26(32-33-28)25-12-11-22-7-5-6-10-24(22)19-25/h2-4,8-9,11-14,19-20H,5-7,10,15-18H2,1H3. The summed E-state index contributed by atoms with van der Waals surface area (Å²) in [7, 11) is 0. The third-order valence-corrected chi connectivity index (χ3v) is 7.12. The predicted molar refractivity (Wildman–Crippen MR) is 141 cm³/mol. The van der Waals surface area contributed by atoms with Gasteiger partial charge in [0.05, 0.1) is 11.4 Å². The summed E-state index contributed by atoms with van der Waals surface area (Å²) >= 11 is 0. The summed E-state index contributed by atoms with van der Waals surface area (Å²) in [5.41, 5.74) is 7.18. The second kappa shape index (κ2) is 9.45. The minimum Gasteiger partial charge on any atom is -0.353 e. The van der Waals surface area contributed by atoms with Crippen LogP contribution in [0.5, 0.6) is 0 Å². The smallest absolute Gasteiger partial charge is 0.151 e. The molecule has 2 aliphatic rings. The average molecular weight is 463 g/mol. The summed E-state index contributed by atoms with van der Waals surface area (Å²) in [6.45, 7) is 5.51. The molecule has 6 heteroatoms. The lowest BCUT2D eigenvalue weighted by atomic mass is 9.90. The van der Waals surface area contributed by atoms with Crippen LogP contribution >= 0.6 is 0 Å². The lowest BCUT2D eigenvalue weighted by molar-refractivity contribution is 0.637. The Hall–Kier alpha value is -3.80. The van der Waals surface area contributed by atoms with Gasteiger partial charge in [-0.05, 0) is 61.9 Å². The van der Waals surface area contributed by atoms with Crippen molar-refractivity contribution in [2.45, 2.75) is 32.6 Å². The van der Waals surface area contributed by atoms with E-state index in [1.54, 1.807) is 0 Å². The van der Waals surface area contributed by atoms with Gasteiger partial charge in [0.25, 0.3) is 0 Å². The van der Waals surface area contributed by atoms with Crippen LogP contribution in [0.3, 0.4) is 0 Å². The predicted octanol–water partition coefficient (Wildman–Crippen LogP) is 5.11. The first-order chi connectivity index (χ1) is 17.2. The molecule has 2 aromatic carbocycles. The van der Waals surface area contributed by atoms with Crippen molar-refractivity contribution < 1.29 is 0 Å². The molecule has 6 nitrogen and oxygen atoms in total. The van der Waals surface area contributed by atoms with Gasteiger partial charge in [-0.2, -0.15) is 0 Å². The molecule has 0 spiro atoms. The molecule has 35 heavy (non-hydrogen) atoms. The van der Waals surface area contributed by atoms with Gasteiger partial charge in [0.2, 0.25) is 0 Å². The van der Waals surface area contributed by atoms with Gasteiger partial charge in [-0.25, -0.2) is 9.97 Å². The van der Waals surface area contributed by atoms with Crippen LogP contribution in [-0.4, -0.2) is 46.3 Å². The molecule has 0 bridgehead atoms. The van der Waals surface area contributed by atoms with E-state index in [2.05, 4.69) is 73.5 Å². The van der Waals surface area contributed by atoms with Crippen LogP contribution in [0.25, 0.3) is 22.5 Å². The van der Waals surface area contributed by atoms with Gasteiger partial charge < -0.3 is 9.80 Å². The maximum absolute atomic E-state index is 4.72. The average Bonchev–Trinajstić information content (AvgIpc) is 2.93. The second-order valence-electron chi connectivity index (χ2n) is 9.47. The lowest BCUT2D eigenvalue weighted by Crippen LogP contribution is -2.47. The molecule has 0 unspecified atom stereocenters. The van der Waals surface area contributed by atoms with Crippen LogP contribution in [0, 0.1) is 6.92 Å². The number of aromatic nitrogens is 4. The molecular formula is C29H30N6. The summed E-state index contributed by atoms with van der Waals surface area (Å²) in [5, 5.41) is 9.17. The third kappa shape index (κ3) is 4.61. The van der Waals surface area contributed by atoms with Crippen molar-refractivity contribution in [3.05, 3.63) is 83.7 Å². The number of aryl methyl sites for hydroxylation is 3. The highest BCUT2D eigenvalue weighted by Crippen LogP contribution is 2.28. The minimum atomic E-state index is 0.799. The molecule has 0 atom stereocenters. The minimum absolute atomic E-state index is 0.799. The van der Waals surface area contributed by atoms with E-state index in [-0.39, 0.29) is 0 Å². The molecule has 1 aliphatic heterocycles. The fraction of sp³-hybridized carbons (Fsp3) is 0.310. The fourth-order valence-electron chi connectivity index (χ4n) is 5.18. The van der Waals surface area contributed by atoms with E-state index in [0.29, 0.717) is 0 Å². The van der Waals surface area contributed by atoms with Gasteiger partial charge in [0, 0.05) is 43.4 Å². The molecule has 0 radical (unpaired) electrons. The topological polar surface area (TPSA) is 58.0 Å². The molecule has 0 N–H and O–H groups in total. The lowest BCUT2D eigenvalue weighted by Gasteiger charge is -2.36. The number of benzene rings is 2.